The van der Waals surface area contributed by atoms with Crippen LogP contribution in [0.15, 0.2) is 223 Å². The number of rotatable bonds is 2. The lowest BCUT2D eigenvalue weighted by Crippen LogP contribution is -2.44. The van der Waals surface area contributed by atoms with E-state index in [1.165, 1.54) is 249 Å². The van der Waals surface area contributed by atoms with Crippen molar-refractivity contribution in [3.8, 4) is 0 Å². The Bertz CT molecular complexity index is 3350. The van der Waals surface area contributed by atoms with Gasteiger partial charge in [0.05, 0.1) is 38.3 Å². The molecule has 0 spiro atoms. The van der Waals surface area contributed by atoms with Gasteiger partial charge < -0.3 is 92.1 Å². The fourth-order valence-electron chi connectivity index (χ4n) is 13.3. The van der Waals surface area contributed by atoms with E-state index in [-0.39, 0.29) is 0 Å². The number of para-hydroxylation sites is 2. The number of likely N-dealkylation sites (tertiary alicyclic amines) is 4. The zero-order valence-electron chi connectivity index (χ0n) is 85.4. The molecule has 2 aromatic carbocycles. The van der Waals surface area contributed by atoms with Crippen molar-refractivity contribution in [1.29, 1.82) is 0 Å². The van der Waals surface area contributed by atoms with E-state index in [2.05, 4.69) is 241 Å². The average molecular weight is 1800 g/mol. The first-order chi connectivity index (χ1) is 62.8. The van der Waals surface area contributed by atoms with Gasteiger partial charge in [0.2, 0.25) is 0 Å². The van der Waals surface area contributed by atoms with Crippen LogP contribution in [0.2, 0.25) is 0 Å². The first-order valence-electron chi connectivity index (χ1n) is 48.8. The molecule has 730 valence electrons. The molecule has 0 saturated carbocycles. The summed E-state index contributed by atoms with van der Waals surface area (Å²) in [6, 6.07) is 44.8. The predicted molar refractivity (Wildman–Crippen MR) is 554 cm³/mol. The largest absolute Gasteiger partial charge is 0.472 e. The molecule has 0 unspecified atom stereocenters. The summed E-state index contributed by atoms with van der Waals surface area (Å²) in [5.41, 5.74) is 7.46. The van der Waals surface area contributed by atoms with Crippen LogP contribution in [0.25, 0.3) is 0 Å². The Morgan fingerprint density at radius 3 is 0.992 bits per heavy atom. The smallest absolute Gasteiger partial charge is 0.100 e. The normalized spacial score (nSPS) is 18.5. The van der Waals surface area contributed by atoms with Gasteiger partial charge in [-0.2, -0.15) is 0 Å². The summed E-state index contributed by atoms with van der Waals surface area (Å²) in [6.07, 6.45) is 40.1. The summed E-state index contributed by atoms with van der Waals surface area (Å²) < 4.78 is 18.5. The van der Waals surface area contributed by atoms with Gasteiger partial charge in [0.15, 0.2) is 0 Å². The SMILES string of the molecule is CC1CCN(C)CC1.CC1CCN(c2ccccc2)CC1.CC1CCNCC1.CN1CC1.CN1CCC1.CN1CCCC1.CN1CCCCC1.CN1CCN(C)CC1.CN1CCN(c2ccccc2)CC1.CN1CCNCC1.CN1CCOCC1.Cc1ccccn1.Cc1cccnc1.Cc1ccco1.Cc1ccncc1.Cc1ccoc1.Cn1cccc1.Cn1ccnc1. The Hall–Kier alpha value is -7.98. The van der Waals surface area contributed by atoms with Gasteiger partial charge in [0.25, 0.3) is 0 Å². The number of pyridine rings is 3. The number of ether oxygens (including phenoxy) is 1. The van der Waals surface area contributed by atoms with Crippen LogP contribution in [0.1, 0.15) is 126 Å². The lowest BCUT2D eigenvalue weighted by molar-refractivity contribution is 0.0503. The summed E-state index contributed by atoms with van der Waals surface area (Å²) in [5, 5.41) is 6.59. The van der Waals surface area contributed by atoms with Gasteiger partial charge in [-0.1, -0.05) is 75.7 Å². The Labute approximate surface area is 792 Å². The second-order valence-corrected chi connectivity index (χ2v) is 36.6. The Balaban J connectivity index is 0.000000357. The van der Waals surface area contributed by atoms with Crippen molar-refractivity contribution in [2.75, 3.05) is 277 Å². The summed E-state index contributed by atoms with van der Waals surface area (Å²) in [7, 11) is 25.6. The van der Waals surface area contributed by atoms with Crippen molar-refractivity contribution in [2.45, 2.75) is 132 Å². The van der Waals surface area contributed by atoms with Crippen molar-refractivity contribution in [3.05, 3.63) is 242 Å². The van der Waals surface area contributed by atoms with Crippen molar-refractivity contribution in [2.24, 2.45) is 31.8 Å². The topological polar surface area (TPSA) is 160 Å². The zero-order chi connectivity index (χ0) is 94.7. The van der Waals surface area contributed by atoms with Gasteiger partial charge in [-0.3, -0.25) is 15.0 Å². The number of likely N-dealkylation sites (N-methyl/N-ethyl adjacent to an activating group) is 6. The molecule has 11 aliphatic heterocycles. The molecule has 20 rings (SSSR count). The molecule has 0 atom stereocenters. The number of imidazole rings is 1. The van der Waals surface area contributed by atoms with Gasteiger partial charge in [-0.25, -0.2) is 4.98 Å². The zero-order valence-corrected chi connectivity index (χ0v) is 85.4. The van der Waals surface area contributed by atoms with Crippen molar-refractivity contribution in [1.82, 2.24) is 88.7 Å². The standard InChI is InChI=1S/C12H17N.C11H16N2.C7H15N.C6H14N2.C6H13N.2C6H7N.C6H13N.C6H7N.C5H12N2.C5H11NO.C5H11N.C5H7N.2C5H6O.C4H6N2.C4H9N.C3H7N/c1-11-7-9-13(10-8-11)12-5-3-2-4-6-12;1-12-7-9-13(10-8-12)11-5-3-2-4-6-11;2*1-7-3-5-8(2)6-4-7;2*1-6-2-4-7-5-3-6;1-6-3-2-4-7-5-6;1-7-5-3-2-4-6-7;1-6-4-2-3-5-7-6;1-7-4-2-6-3-5-7;1-6-2-4-7-5-3-6;2*1-6-4-2-3-5-6;1-5-2-3-6-4-5;1-5-3-2-4-6-5;1-6-3-2-5-4-6;1-5-3-2-4-5;1-4-2-3-4/h2-6,11H,7-10H2,1H3;2-6H,7-10H2,1H3;7H,3-6H2,1-2H3;3-6H2,1-2H3;6-7H,2-5H2,1H3;2*2-5H,1H3;2-6H2,1H3;2-5H,1H3;6H,2-5H2,1H3;2-5H2,1H3;2-5H2,1H3;2-5H,1H3;3*2-4H,1H3;2-4H2,1H3;2-3H2,1H3. The number of morpholine rings is 1. The van der Waals surface area contributed by atoms with Crippen LogP contribution in [-0.2, 0) is 18.8 Å². The number of furan rings is 2. The minimum Gasteiger partial charge on any atom is -0.472 e. The van der Waals surface area contributed by atoms with E-state index in [0.717, 1.165) is 81.7 Å². The molecule has 18 heterocycles. The van der Waals surface area contributed by atoms with E-state index in [9.17, 15) is 0 Å². The number of hydrogen-bond donors (Lipinski definition) is 2. The van der Waals surface area contributed by atoms with Gasteiger partial charge in [-0.15, -0.1) is 0 Å². The number of benzene rings is 2. The summed E-state index contributed by atoms with van der Waals surface area (Å²) in [4.78, 5) is 43.8. The maximum atomic E-state index is 5.10. The number of piperazine rings is 3. The average Bonchev–Trinajstić information content (AvgIpc) is 1.22. The molecule has 23 heteroatoms. The van der Waals surface area contributed by atoms with Crippen LogP contribution < -0.4 is 20.4 Å². The van der Waals surface area contributed by atoms with Crippen molar-refractivity contribution in [3.63, 3.8) is 0 Å². The maximum absolute atomic E-state index is 5.10. The van der Waals surface area contributed by atoms with Crippen LogP contribution >= 0.6 is 0 Å². The van der Waals surface area contributed by atoms with E-state index < -0.39 is 0 Å². The Morgan fingerprint density at radius 2 is 0.738 bits per heavy atom. The first-order valence-corrected chi connectivity index (χ1v) is 48.8. The van der Waals surface area contributed by atoms with E-state index in [1.54, 1.807) is 56.1 Å². The highest BCUT2D eigenvalue weighted by Crippen LogP contribution is 2.23. The van der Waals surface area contributed by atoms with E-state index >= 15 is 0 Å². The molecule has 0 radical (unpaired) electrons. The van der Waals surface area contributed by atoms with Crippen molar-refractivity contribution < 1.29 is 13.6 Å². The molecular formula is C107H184N20O3. The second-order valence-electron chi connectivity index (χ2n) is 36.6. The molecule has 7 aromatic heterocycles. The second kappa shape index (κ2) is 77.5. The number of nitrogens with one attached hydrogen (secondary N) is 2. The third-order valence-corrected chi connectivity index (χ3v) is 23.3. The molecule has 130 heavy (non-hydrogen) atoms. The molecule has 0 amide bonds. The number of aromatic nitrogens is 6. The minimum absolute atomic E-state index is 0.913. The Kier molecular flexibility index (Phi) is 69.2. The van der Waals surface area contributed by atoms with Crippen LogP contribution in [0.4, 0.5) is 11.4 Å². The molecule has 11 saturated heterocycles. The maximum Gasteiger partial charge on any atom is 0.100 e. The molecule has 0 bridgehead atoms. The number of aryl methyl sites for hydroxylation is 7. The number of hydrogen-bond acceptors (Lipinski definition) is 21. The van der Waals surface area contributed by atoms with Crippen LogP contribution in [0.5, 0.6) is 0 Å². The summed E-state index contributed by atoms with van der Waals surface area (Å²) >= 11 is 0. The van der Waals surface area contributed by atoms with E-state index in [1.807, 2.05) is 155 Å². The van der Waals surface area contributed by atoms with E-state index in [0.29, 0.717) is 0 Å². The highest BCUT2D eigenvalue weighted by molar-refractivity contribution is 5.47. The molecule has 9 aromatic rings. The van der Waals surface area contributed by atoms with Crippen LogP contribution in [0, 0.1) is 52.4 Å². The molecule has 0 aliphatic carbocycles. The van der Waals surface area contributed by atoms with Crippen LogP contribution in [-0.4, -0.2) is 345 Å². The molecule has 11 fully saturated rings. The lowest BCUT2D eigenvalue weighted by atomic mass is 9.99. The molecular weight excluding hydrogens is 1610 g/mol. The summed E-state index contributed by atoms with van der Waals surface area (Å²) in [6.45, 7) is 53.4. The molecule has 23 nitrogen and oxygen atoms in total. The molecule has 11 aliphatic rings. The number of nitrogens with zero attached hydrogens (tertiary/aromatic N) is 18. The van der Waals surface area contributed by atoms with E-state index in [4.69, 9.17) is 13.6 Å². The Morgan fingerprint density at radius 1 is 0.300 bits per heavy atom. The third kappa shape index (κ3) is 69.8. The third-order valence-electron chi connectivity index (χ3n) is 23.3. The minimum atomic E-state index is 0.913. The highest BCUT2D eigenvalue weighted by atomic mass is 16.5. The predicted octanol–water partition coefficient (Wildman–Crippen LogP) is 16.9. The van der Waals surface area contributed by atoms with Crippen LogP contribution in [0.3, 0.4) is 0 Å². The fraction of sp³-hybridized carbons (Fsp3) is 0.607. The van der Waals surface area contributed by atoms with Gasteiger partial charge in [0.1, 0.15) is 5.76 Å². The first kappa shape index (κ1) is 116. The molecule has 2 N–H and O–H groups in total. The van der Waals surface area contributed by atoms with Gasteiger partial charge in [-0.05, 0) is 361 Å². The fourth-order valence-corrected chi connectivity index (χ4v) is 13.3. The van der Waals surface area contributed by atoms with Gasteiger partial charge in [0, 0.05) is 205 Å². The van der Waals surface area contributed by atoms with Crippen molar-refractivity contribution >= 4 is 11.4 Å². The quantitative estimate of drug-likeness (QED) is 0.157. The monoisotopic (exact) mass is 1800 g/mol. The highest BCUT2D eigenvalue weighted by Gasteiger charge is 2.17. The number of piperidine rings is 4. The summed E-state index contributed by atoms with van der Waals surface area (Å²) in [5.74, 6) is 3.84. The van der Waals surface area contributed by atoms with Gasteiger partial charge >= 0.3 is 0 Å². The number of anilines is 2. The lowest BCUT2D eigenvalue weighted by Gasteiger charge is -2.33.